The molecule has 0 aliphatic carbocycles. The van der Waals surface area contributed by atoms with E-state index in [1.165, 1.54) is 24.0 Å². The van der Waals surface area contributed by atoms with Crippen LogP contribution >= 0.6 is 0 Å². The summed E-state index contributed by atoms with van der Waals surface area (Å²) in [6.07, 6.45) is 2.87. The Labute approximate surface area is 156 Å². The molecular formula is C22H28N2O2. The van der Waals surface area contributed by atoms with Gasteiger partial charge >= 0.3 is 0 Å². The summed E-state index contributed by atoms with van der Waals surface area (Å²) in [7, 11) is 1.64. The minimum Gasteiger partial charge on any atom is -0.497 e. The molecule has 0 bridgehead atoms. The number of methoxy groups -OCH3 is 1. The van der Waals surface area contributed by atoms with Gasteiger partial charge in [0.25, 0.3) is 0 Å². The second kappa shape index (κ2) is 8.86. The van der Waals surface area contributed by atoms with Gasteiger partial charge in [-0.15, -0.1) is 0 Å². The number of benzene rings is 2. The van der Waals surface area contributed by atoms with Gasteiger partial charge in [0.1, 0.15) is 5.75 Å². The summed E-state index contributed by atoms with van der Waals surface area (Å²) in [6, 6.07) is 16.6. The third-order valence-electron chi connectivity index (χ3n) is 5.06. The summed E-state index contributed by atoms with van der Waals surface area (Å²) in [4.78, 5) is 14.9. The van der Waals surface area contributed by atoms with Crippen LogP contribution in [0, 0.1) is 6.92 Å². The molecule has 1 heterocycles. The van der Waals surface area contributed by atoms with Crippen LogP contribution in [0.25, 0.3) is 0 Å². The maximum absolute atomic E-state index is 12.4. The molecule has 1 amide bonds. The van der Waals surface area contributed by atoms with Crippen LogP contribution in [0.15, 0.2) is 48.5 Å². The van der Waals surface area contributed by atoms with E-state index in [1.807, 2.05) is 24.3 Å². The molecule has 1 aliphatic heterocycles. The van der Waals surface area contributed by atoms with E-state index in [0.717, 1.165) is 24.4 Å². The number of rotatable bonds is 7. The van der Waals surface area contributed by atoms with Crippen LogP contribution in [-0.2, 0) is 11.2 Å². The molecule has 0 radical (unpaired) electrons. The maximum Gasteiger partial charge on any atom is 0.224 e. The van der Waals surface area contributed by atoms with Crippen molar-refractivity contribution >= 4 is 5.91 Å². The van der Waals surface area contributed by atoms with Crippen molar-refractivity contribution in [3.63, 3.8) is 0 Å². The van der Waals surface area contributed by atoms with Crippen molar-refractivity contribution in [2.24, 2.45) is 0 Å². The lowest BCUT2D eigenvalue weighted by atomic mass is 10.0. The van der Waals surface area contributed by atoms with Crippen molar-refractivity contribution in [3.05, 3.63) is 65.2 Å². The predicted molar refractivity (Wildman–Crippen MR) is 104 cm³/mol. The molecule has 1 N–H and O–H groups in total. The maximum atomic E-state index is 12.4. The molecule has 0 spiro atoms. The molecule has 26 heavy (non-hydrogen) atoms. The third-order valence-corrected chi connectivity index (χ3v) is 5.06. The number of aryl methyl sites for hydroxylation is 1. The van der Waals surface area contributed by atoms with Crippen molar-refractivity contribution in [2.45, 2.75) is 32.2 Å². The molecule has 1 saturated heterocycles. The van der Waals surface area contributed by atoms with Gasteiger partial charge in [-0.05, 0) is 56.1 Å². The van der Waals surface area contributed by atoms with E-state index in [9.17, 15) is 4.79 Å². The van der Waals surface area contributed by atoms with Gasteiger partial charge in [-0.25, -0.2) is 0 Å². The first-order valence-electron chi connectivity index (χ1n) is 9.36. The fourth-order valence-electron chi connectivity index (χ4n) is 3.50. The highest BCUT2D eigenvalue weighted by Crippen LogP contribution is 2.25. The van der Waals surface area contributed by atoms with Gasteiger partial charge in [0.2, 0.25) is 5.91 Å². The summed E-state index contributed by atoms with van der Waals surface area (Å²) in [5, 5.41) is 3.14. The molecule has 4 nitrogen and oxygen atoms in total. The van der Waals surface area contributed by atoms with E-state index in [4.69, 9.17) is 4.74 Å². The molecular weight excluding hydrogens is 324 g/mol. The largest absolute Gasteiger partial charge is 0.497 e. The van der Waals surface area contributed by atoms with Gasteiger partial charge in [0.05, 0.1) is 19.6 Å². The van der Waals surface area contributed by atoms with Crippen molar-refractivity contribution in [3.8, 4) is 5.75 Å². The summed E-state index contributed by atoms with van der Waals surface area (Å²) < 4.78 is 5.16. The number of nitrogens with one attached hydrogen (secondary N) is 1. The second-order valence-corrected chi connectivity index (χ2v) is 7.00. The summed E-state index contributed by atoms with van der Waals surface area (Å²) in [5.74, 6) is 0.870. The SMILES string of the molecule is COc1ccc(CC(=O)NCC(c2ccc(C)cc2)N2CCCC2)cc1. The molecule has 1 aliphatic rings. The standard InChI is InChI=1S/C22H28N2O2/c1-17-5-9-19(10-6-17)21(24-13-3-4-14-24)16-23-22(25)15-18-7-11-20(26-2)12-8-18/h5-12,21H,3-4,13-16H2,1-2H3,(H,23,25). The summed E-state index contributed by atoms with van der Waals surface area (Å²) in [5.41, 5.74) is 3.54. The number of hydrogen-bond acceptors (Lipinski definition) is 3. The fraction of sp³-hybridized carbons (Fsp3) is 0.409. The van der Waals surface area contributed by atoms with Gasteiger partial charge in [0.15, 0.2) is 0 Å². The molecule has 138 valence electrons. The normalized spacial score (nSPS) is 15.6. The Balaban J connectivity index is 1.61. The lowest BCUT2D eigenvalue weighted by Crippen LogP contribution is -2.37. The minimum absolute atomic E-state index is 0.0616. The van der Waals surface area contributed by atoms with Crippen LogP contribution in [0.4, 0.5) is 0 Å². The number of likely N-dealkylation sites (tertiary alicyclic amines) is 1. The second-order valence-electron chi connectivity index (χ2n) is 7.00. The Morgan fingerprint density at radius 2 is 1.73 bits per heavy atom. The molecule has 3 rings (SSSR count). The van der Waals surface area contributed by atoms with E-state index >= 15 is 0 Å². The summed E-state index contributed by atoms with van der Waals surface area (Å²) >= 11 is 0. The lowest BCUT2D eigenvalue weighted by Gasteiger charge is -2.28. The molecule has 1 unspecified atom stereocenters. The monoisotopic (exact) mass is 352 g/mol. The predicted octanol–water partition coefficient (Wildman–Crippen LogP) is 3.50. The number of carbonyl (C=O) groups excluding carboxylic acids is 1. The number of hydrogen-bond donors (Lipinski definition) is 1. The highest BCUT2D eigenvalue weighted by atomic mass is 16.5. The average molecular weight is 352 g/mol. The van der Waals surface area contributed by atoms with Crippen molar-refractivity contribution in [1.82, 2.24) is 10.2 Å². The van der Waals surface area contributed by atoms with Crippen LogP contribution in [0.3, 0.4) is 0 Å². The molecule has 2 aromatic carbocycles. The Kier molecular flexibility index (Phi) is 6.29. The van der Waals surface area contributed by atoms with Crippen molar-refractivity contribution in [1.29, 1.82) is 0 Å². The number of amides is 1. The first-order valence-corrected chi connectivity index (χ1v) is 9.36. The third kappa shape index (κ3) is 4.85. The molecule has 0 aromatic heterocycles. The zero-order valence-electron chi connectivity index (χ0n) is 15.7. The van der Waals surface area contributed by atoms with Gasteiger partial charge in [0, 0.05) is 6.54 Å². The van der Waals surface area contributed by atoms with Gasteiger partial charge in [-0.2, -0.15) is 0 Å². The fourth-order valence-corrected chi connectivity index (χ4v) is 3.50. The number of carbonyl (C=O) groups is 1. The van der Waals surface area contributed by atoms with Crippen LogP contribution < -0.4 is 10.1 Å². The van der Waals surface area contributed by atoms with Crippen LogP contribution in [0.1, 0.15) is 35.6 Å². The molecule has 2 aromatic rings. The first-order chi connectivity index (χ1) is 12.7. The Hall–Kier alpha value is -2.33. The van der Waals surface area contributed by atoms with E-state index in [-0.39, 0.29) is 11.9 Å². The molecule has 4 heteroatoms. The van der Waals surface area contributed by atoms with Crippen molar-refractivity contribution in [2.75, 3.05) is 26.7 Å². The van der Waals surface area contributed by atoms with Gasteiger partial charge < -0.3 is 10.1 Å². The van der Waals surface area contributed by atoms with E-state index < -0.39 is 0 Å². The quantitative estimate of drug-likeness (QED) is 0.829. The van der Waals surface area contributed by atoms with Crippen molar-refractivity contribution < 1.29 is 9.53 Å². The zero-order chi connectivity index (χ0) is 18.4. The number of nitrogens with zero attached hydrogens (tertiary/aromatic N) is 1. The first kappa shape index (κ1) is 18.5. The molecule has 1 fully saturated rings. The molecule has 0 saturated carbocycles. The van der Waals surface area contributed by atoms with Crippen LogP contribution in [-0.4, -0.2) is 37.6 Å². The van der Waals surface area contributed by atoms with E-state index in [0.29, 0.717) is 13.0 Å². The lowest BCUT2D eigenvalue weighted by molar-refractivity contribution is -0.120. The van der Waals surface area contributed by atoms with Crippen LogP contribution in [0.5, 0.6) is 5.75 Å². The zero-order valence-corrected chi connectivity index (χ0v) is 15.7. The van der Waals surface area contributed by atoms with E-state index in [1.54, 1.807) is 7.11 Å². The highest BCUT2D eigenvalue weighted by Gasteiger charge is 2.23. The Morgan fingerprint density at radius 3 is 2.35 bits per heavy atom. The van der Waals surface area contributed by atoms with E-state index in [2.05, 4.69) is 41.4 Å². The van der Waals surface area contributed by atoms with Gasteiger partial charge in [-0.1, -0.05) is 42.0 Å². The van der Waals surface area contributed by atoms with Gasteiger partial charge in [-0.3, -0.25) is 9.69 Å². The smallest absolute Gasteiger partial charge is 0.224 e. The average Bonchev–Trinajstić information content (AvgIpc) is 3.18. The Morgan fingerprint density at radius 1 is 1.08 bits per heavy atom. The van der Waals surface area contributed by atoms with Crippen LogP contribution in [0.2, 0.25) is 0 Å². The minimum atomic E-state index is 0.0616. The number of ether oxygens (including phenoxy) is 1. The molecule has 1 atom stereocenters. The summed E-state index contributed by atoms with van der Waals surface area (Å²) in [6.45, 7) is 4.96. The highest BCUT2D eigenvalue weighted by molar-refractivity contribution is 5.78. The Bertz CT molecular complexity index is 704. The topological polar surface area (TPSA) is 41.6 Å².